The molecule has 2 aromatic rings. The molecule has 192 valence electrons. The van der Waals surface area contributed by atoms with Crippen LogP contribution < -0.4 is 10.1 Å². The van der Waals surface area contributed by atoms with Crippen molar-refractivity contribution < 1.29 is 19.1 Å². The highest BCUT2D eigenvalue weighted by Gasteiger charge is 2.27. The van der Waals surface area contributed by atoms with Gasteiger partial charge in [-0.2, -0.15) is 0 Å². The fourth-order valence-corrected chi connectivity index (χ4v) is 4.41. The topological polar surface area (TPSA) is 102 Å². The number of nitrogens with zero attached hydrogens (tertiary/aromatic N) is 5. The number of carbonyl (C=O) groups excluding carboxylic acids is 2. The molecule has 0 spiro atoms. The number of amides is 2. The van der Waals surface area contributed by atoms with Gasteiger partial charge in [-0.25, -0.2) is 9.48 Å². The summed E-state index contributed by atoms with van der Waals surface area (Å²) < 4.78 is 13.6. The Morgan fingerprint density at radius 3 is 2.69 bits per heavy atom. The largest absolute Gasteiger partial charge is 0.493 e. The van der Waals surface area contributed by atoms with Crippen molar-refractivity contribution in [1.29, 1.82) is 0 Å². The number of carbonyl (C=O) groups is 2. The molecule has 10 nitrogen and oxygen atoms in total. The molecule has 2 aliphatic heterocycles. The van der Waals surface area contributed by atoms with Gasteiger partial charge in [0.1, 0.15) is 17.9 Å². The Morgan fingerprint density at radius 2 is 1.97 bits per heavy atom. The van der Waals surface area contributed by atoms with E-state index in [4.69, 9.17) is 9.47 Å². The Labute approximate surface area is 219 Å². The summed E-state index contributed by atoms with van der Waals surface area (Å²) in [6.07, 6.45) is 2.24. The number of fused-ring (bicyclic) bond motifs is 1. The van der Waals surface area contributed by atoms with Crippen LogP contribution in [0.2, 0.25) is 0 Å². The van der Waals surface area contributed by atoms with E-state index in [0.29, 0.717) is 32.7 Å². The molecule has 1 atom stereocenters. The molecule has 1 saturated heterocycles. The zero-order valence-electron chi connectivity index (χ0n) is 20.2. The number of piperazine rings is 1. The Hall–Kier alpha value is -2.37. The lowest BCUT2D eigenvalue weighted by Crippen LogP contribution is -2.49. The van der Waals surface area contributed by atoms with E-state index < -0.39 is 5.60 Å². The first-order chi connectivity index (χ1) is 16.2. The van der Waals surface area contributed by atoms with E-state index in [1.54, 1.807) is 15.8 Å². The molecular formula is C23H32BrClN6O4. The SMILES string of the molecule is CC(C)(C)OC(=O)N1CCN(Cc2cn(CC(=O)NC3CCOc4ccc(Br)cc43)nn2)CC1.Cl. The highest BCUT2D eigenvalue weighted by molar-refractivity contribution is 9.10. The Morgan fingerprint density at radius 1 is 1.23 bits per heavy atom. The van der Waals surface area contributed by atoms with Gasteiger partial charge in [0.2, 0.25) is 5.91 Å². The van der Waals surface area contributed by atoms with E-state index in [2.05, 4.69) is 36.5 Å². The van der Waals surface area contributed by atoms with Gasteiger partial charge in [0, 0.05) is 49.2 Å². The van der Waals surface area contributed by atoms with Gasteiger partial charge in [-0.1, -0.05) is 21.1 Å². The van der Waals surface area contributed by atoms with Crippen LogP contribution in [0.4, 0.5) is 4.79 Å². The van der Waals surface area contributed by atoms with Gasteiger partial charge in [-0.15, -0.1) is 17.5 Å². The number of ether oxygens (including phenoxy) is 2. The van der Waals surface area contributed by atoms with E-state index in [0.717, 1.165) is 34.6 Å². The second-order valence-electron chi connectivity index (χ2n) is 9.59. The minimum Gasteiger partial charge on any atom is -0.493 e. The molecule has 1 aromatic carbocycles. The van der Waals surface area contributed by atoms with E-state index in [-0.39, 0.29) is 37.0 Å². The van der Waals surface area contributed by atoms with Crippen LogP contribution in [0.25, 0.3) is 0 Å². The second kappa shape index (κ2) is 11.6. The molecule has 1 fully saturated rings. The molecule has 1 N–H and O–H groups in total. The average Bonchev–Trinajstić information content (AvgIpc) is 3.20. The Balaban J connectivity index is 0.00000342. The molecule has 0 bridgehead atoms. The van der Waals surface area contributed by atoms with Gasteiger partial charge in [0.25, 0.3) is 0 Å². The molecule has 0 aliphatic carbocycles. The quantitative estimate of drug-likeness (QED) is 0.588. The molecule has 12 heteroatoms. The first-order valence-electron chi connectivity index (χ1n) is 11.5. The maximum atomic E-state index is 12.7. The molecule has 1 unspecified atom stereocenters. The molecule has 3 heterocycles. The van der Waals surface area contributed by atoms with Crippen molar-refractivity contribution in [3.05, 3.63) is 40.1 Å². The molecule has 1 aromatic heterocycles. The first-order valence-corrected chi connectivity index (χ1v) is 12.3. The van der Waals surface area contributed by atoms with E-state index in [9.17, 15) is 9.59 Å². The van der Waals surface area contributed by atoms with E-state index >= 15 is 0 Å². The van der Waals surface area contributed by atoms with Gasteiger partial charge < -0.3 is 19.7 Å². The van der Waals surface area contributed by atoms with Crippen molar-refractivity contribution in [1.82, 2.24) is 30.1 Å². The zero-order valence-corrected chi connectivity index (χ0v) is 22.6. The molecule has 4 rings (SSSR count). The zero-order chi connectivity index (χ0) is 24.3. The minimum atomic E-state index is -0.496. The summed E-state index contributed by atoms with van der Waals surface area (Å²) in [7, 11) is 0. The molecule has 2 amide bonds. The highest BCUT2D eigenvalue weighted by atomic mass is 79.9. The van der Waals surface area contributed by atoms with Crippen molar-refractivity contribution >= 4 is 40.3 Å². The van der Waals surface area contributed by atoms with E-state index in [1.165, 1.54) is 0 Å². The van der Waals surface area contributed by atoms with Gasteiger partial charge in [-0.3, -0.25) is 9.69 Å². The van der Waals surface area contributed by atoms with Gasteiger partial charge >= 0.3 is 6.09 Å². The molecule has 35 heavy (non-hydrogen) atoms. The maximum absolute atomic E-state index is 12.7. The third-order valence-electron chi connectivity index (χ3n) is 5.65. The highest BCUT2D eigenvalue weighted by Crippen LogP contribution is 2.34. The standard InChI is InChI=1S/C23H31BrN6O4.ClH/c1-23(2,3)34-22(32)29-9-7-28(8-10-29)13-17-14-30(27-26-17)15-21(31)25-19-6-11-33-20-5-4-16(24)12-18(19)20;/h4-5,12,14,19H,6-11,13,15H2,1-3H3,(H,25,31);1H. The number of hydrogen-bond acceptors (Lipinski definition) is 7. The summed E-state index contributed by atoms with van der Waals surface area (Å²) in [6.45, 7) is 9.54. The monoisotopic (exact) mass is 570 g/mol. The number of benzene rings is 1. The van der Waals surface area contributed by atoms with Crippen molar-refractivity contribution in [3.8, 4) is 5.75 Å². The summed E-state index contributed by atoms with van der Waals surface area (Å²) >= 11 is 3.48. The van der Waals surface area contributed by atoms with Crippen LogP contribution in [0.5, 0.6) is 5.75 Å². The fraction of sp³-hybridized carbons (Fsp3) is 0.565. The van der Waals surface area contributed by atoms with Crippen LogP contribution in [0.3, 0.4) is 0 Å². The smallest absolute Gasteiger partial charge is 0.410 e. The van der Waals surface area contributed by atoms with Crippen molar-refractivity contribution in [2.75, 3.05) is 32.8 Å². The van der Waals surface area contributed by atoms with Crippen LogP contribution in [-0.4, -0.2) is 75.2 Å². The van der Waals surface area contributed by atoms with Crippen LogP contribution in [0.1, 0.15) is 44.5 Å². The third-order valence-corrected chi connectivity index (χ3v) is 6.14. The van der Waals surface area contributed by atoms with Crippen molar-refractivity contribution in [3.63, 3.8) is 0 Å². The van der Waals surface area contributed by atoms with Gasteiger partial charge in [-0.05, 0) is 39.0 Å². The minimum absolute atomic E-state index is 0. The molecular weight excluding hydrogens is 540 g/mol. The van der Waals surface area contributed by atoms with Crippen LogP contribution in [-0.2, 0) is 22.6 Å². The Kier molecular flexibility index (Phi) is 9.00. The number of halogens is 2. The summed E-state index contributed by atoms with van der Waals surface area (Å²) in [5, 5.41) is 11.4. The van der Waals surface area contributed by atoms with Crippen LogP contribution >= 0.6 is 28.3 Å². The van der Waals surface area contributed by atoms with Gasteiger partial charge in [0.15, 0.2) is 0 Å². The fourth-order valence-electron chi connectivity index (χ4n) is 4.03. The lowest BCUT2D eigenvalue weighted by molar-refractivity contribution is -0.122. The third kappa shape index (κ3) is 7.55. The maximum Gasteiger partial charge on any atom is 0.410 e. The lowest BCUT2D eigenvalue weighted by Gasteiger charge is -2.35. The number of hydrogen-bond donors (Lipinski definition) is 1. The van der Waals surface area contributed by atoms with Crippen molar-refractivity contribution in [2.45, 2.75) is 51.9 Å². The Bertz CT molecular complexity index is 1040. The lowest BCUT2D eigenvalue weighted by atomic mass is 10.0. The number of aromatic nitrogens is 3. The average molecular weight is 572 g/mol. The second-order valence-corrected chi connectivity index (χ2v) is 10.5. The summed E-state index contributed by atoms with van der Waals surface area (Å²) in [5.74, 6) is 0.676. The summed E-state index contributed by atoms with van der Waals surface area (Å²) in [4.78, 5) is 28.8. The molecule has 2 aliphatic rings. The van der Waals surface area contributed by atoms with Crippen LogP contribution in [0, 0.1) is 0 Å². The predicted octanol–water partition coefficient (Wildman–Crippen LogP) is 3.16. The number of nitrogens with one attached hydrogen (secondary N) is 1. The van der Waals surface area contributed by atoms with Crippen molar-refractivity contribution in [2.24, 2.45) is 0 Å². The van der Waals surface area contributed by atoms with E-state index in [1.807, 2.05) is 39.0 Å². The number of rotatable bonds is 5. The summed E-state index contributed by atoms with van der Waals surface area (Å²) in [5.41, 5.74) is 1.27. The van der Waals surface area contributed by atoms with Crippen LogP contribution in [0.15, 0.2) is 28.9 Å². The van der Waals surface area contributed by atoms with Gasteiger partial charge in [0.05, 0.1) is 24.5 Å². The predicted molar refractivity (Wildman–Crippen MR) is 135 cm³/mol. The summed E-state index contributed by atoms with van der Waals surface area (Å²) in [6, 6.07) is 5.72. The first kappa shape index (κ1) is 27.2. The molecule has 0 radical (unpaired) electrons. The normalized spacial score (nSPS) is 18.2. The molecule has 0 saturated carbocycles.